The van der Waals surface area contributed by atoms with Crippen molar-refractivity contribution in [2.75, 3.05) is 0 Å². The van der Waals surface area contributed by atoms with Crippen LogP contribution in [0.5, 0.6) is 5.75 Å². The number of para-hydroxylation sites is 1. The lowest BCUT2D eigenvalue weighted by Crippen LogP contribution is -2.53. The quantitative estimate of drug-likeness (QED) is 0.850. The zero-order valence-electron chi connectivity index (χ0n) is 10.9. The Hall–Kier alpha value is -2.11. The first-order valence-corrected chi connectivity index (χ1v) is 5.70. The molecular weight excluding hydrogens is 253 g/mol. The highest BCUT2D eigenvalue weighted by Crippen LogP contribution is 2.17. The van der Waals surface area contributed by atoms with E-state index in [0.717, 1.165) is 0 Å². The molecule has 1 aromatic rings. The van der Waals surface area contributed by atoms with Crippen molar-refractivity contribution >= 4 is 11.9 Å². The van der Waals surface area contributed by atoms with Gasteiger partial charge in [-0.05, 0) is 32.9 Å². The lowest BCUT2D eigenvalue weighted by molar-refractivity contribution is -0.147. The molecule has 0 heterocycles. The van der Waals surface area contributed by atoms with E-state index in [9.17, 15) is 14.0 Å². The minimum absolute atomic E-state index is 0.0571. The van der Waals surface area contributed by atoms with E-state index in [4.69, 9.17) is 9.84 Å². The molecule has 0 fully saturated rings. The second-order valence-electron chi connectivity index (χ2n) is 4.61. The molecule has 0 aliphatic heterocycles. The number of nitrogens with one attached hydrogen (secondary N) is 1. The molecule has 1 amide bonds. The first-order valence-electron chi connectivity index (χ1n) is 5.70. The minimum Gasteiger partial charge on any atom is -0.480 e. The molecule has 0 aliphatic rings. The van der Waals surface area contributed by atoms with Crippen LogP contribution in [0.4, 0.5) is 4.39 Å². The predicted octanol–water partition coefficient (Wildman–Crippen LogP) is 1.57. The number of amides is 1. The summed E-state index contributed by atoms with van der Waals surface area (Å²) >= 11 is 0. The summed E-state index contributed by atoms with van der Waals surface area (Å²) in [6.07, 6.45) is -1.00. The van der Waals surface area contributed by atoms with Crippen molar-refractivity contribution in [1.82, 2.24) is 5.32 Å². The van der Waals surface area contributed by atoms with Gasteiger partial charge >= 0.3 is 5.97 Å². The molecule has 5 nitrogen and oxygen atoms in total. The van der Waals surface area contributed by atoms with E-state index in [1.54, 1.807) is 6.07 Å². The first-order chi connectivity index (χ1) is 8.74. The average molecular weight is 269 g/mol. The van der Waals surface area contributed by atoms with Crippen molar-refractivity contribution in [3.8, 4) is 5.75 Å². The highest BCUT2D eigenvalue weighted by Gasteiger charge is 2.31. The normalized spacial score (nSPS) is 12.6. The Morgan fingerprint density at radius 1 is 1.37 bits per heavy atom. The predicted molar refractivity (Wildman–Crippen MR) is 66.3 cm³/mol. The van der Waals surface area contributed by atoms with Gasteiger partial charge in [-0.15, -0.1) is 0 Å². The lowest BCUT2D eigenvalue weighted by Gasteiger charge is -2.23. The number of carboxylic acid groups (broad SMARTS) is 1. The van der Waals surface area contributed by atoms with Gasteiger partial charge in [-0.3, -0.25) is 4.79 Å². The molecule has 19 heavy (non-hydrogen) atoms. The van der Waals surface area contributed by atoms with Crippen LogP contribution in [0.15, 0.2) is 24.3 Å². The Balaban J connectivity index is 2.69. The van der Waals surface area contributed by atoms with Crippen molar-refractivity contribution in [1.29, 1.82) is 0 Å². The van der Waals surface area contributed by atoms with Crippen LogP contribution in [0, 0.1) is 5.82 Å². The fraction of sp³-hybridized carbons (Fsp3) is 0.385. The number of aliphatic carboxylic acids is 1. The van der Waals surface area contributed by atoms with Crippen molar-refractivity contribution in [3.05, 3.63) is 30.1 Å². The van der Waals surface area contributed by atoms with E-state index >= 15 is 0 Å². The number of rotatable bonds is 5. The molecule has 0 bridgehead atoms. The zero-order chi connectivity index (χ0) is 14.6. The van der Waals surface area contributed by atoms with E-state index in [1.807, 2.05) is 0 Å². The molecule has 1 rings (SSSR count). The molecule has 0 radical (unpaired) electrons. The SMILES string of the molecule is CC(Oc1ccccc1F)C(=O)NC(C)(C)C(=O)O. The number of carbonyl (C=O) groups is 2. The summed E-state index contributed by atoms with van der Waals surface area (Å²) in [6.45, 7) is 4.12. The molecule has 6 heteroatoms. The number of hydrogen-bond acceptors (Lipinski definition) is 3. The summed E-state index contributed by atoms with van der Waals surface area (Å²) in [4.78, 5) is 22.6. The molecule has 0 saturated carbocycles. The molecule has 1 atom stereocenters. The average Bonchev–Trinajstić information content (AvgIpc) is 2.31. The van der Waals surface area contributed by atoms with Gasteiger partial charge in [0, 0.05) is 0 Å². The van der Waals surface area contributed by atoms with Crippen molar-refractivity contribution in [3.63, 3.8) is 0 Å². The molecule has 104 valence electrons. The molecule has 1 aromatic carbocycles. The van der Waals surface area contributed by atoms with Crippen LogP contribution in [0.2, 0.25) is 0 Å². The summed E-state index contributed by atoms with van der Waals surface area (Å²) in [6, 6.07) is 5.67. The monoisotopic (exact) mass is 269 g/mol. The summed E-state index contributed by atoms with van der Waals surface area (Å²) in [5.74, 6) is -2.44. The fourth-order valence-electron chi connectivity index (χ4n) is 1.25. The van der Waals surface area contributed by atoms with Gasteiger partial charge in [0.05, 0.1) is 0 Å². The molecule has 0 aromatic heterocycles. The van der Waals surface area contributed by atoms with Gasteiger partial charge in [-0.25, -0.2) is 9.18 Å². The second-order valence-corrected chi connectivity index (χ2v) is 4.61. The maximum absolute atomic E-state index is 13.3. The van der Waals surface area contributed by atoms with Crippen LogP contribution in [0.1, 0.15) is 20.8 Å². The molecule has 0 aliphatic carbocycles. The number of benzene rings is 1. The third-order valence-corrected chi connectivity index (χ3v) is 2.48. The smallest absolute Gasteiger partial charge is 0.328 e. The Labute approximate surface area is 110 Å². The van der Waals surface area contributed by atoms with Crippen LogP contribution in [0.3, 0.4) is 0 Å². The summed E-state index contributed by atoms with van der Waals surface area (Å²) < 4.78 is 18.5. The van der Waals surface area contributed by atoms with E-state index in [0.29, 0.717) is 0 Å². The minimum atomic E-state index is -1.41. The highest BCUT2D eigenvalue weighted by atomic mass is 19.1. The maximum Gasteiger partial charge on any atom is 0.328 e. The highest BCUT2D eigenvalue weighted by molar-refractivity contribution is 5.88. The number of carboxylic acids is 1. The molecule has 1 unspecified atom stereocenters. The summed E-state index contributed by atoms with van der Waals surface area (Å²) in [5, 5.41) is 11.2. The Morgan fingerprint density at radius 2 is 1.95 bits per heavy atom. The molecular formula is C13H16FNO4. The molecule has 0 saturated heterocycles. The van der Waals surface area contributed by atoms with Crippen LogP contribution >= 0.6 is 0 Å². The maximum atomic E-state index is 13.3. The van der Waals surface area contributed by atoms with Crippen LogP contribution in [0.25, 0.3) is 0 Å². The van der Waals surface area contributed by atoms with Crippen LogP contribution < -0.4 is 10.1 Å². The van der Waals surface area contributed by atoms with Gasteiger partial charge in [0.1, 0.15) is 5.54 Å². The largest absolute Gasteiger partial charge is 0.480 e. The fourth-order valence-corrected chi connectivity index (χ4v) is 1.25. The van der Waals surface area contributed by atoms with Gasteiger partial charge in [-0.1, -0.05) is 12.1 Å². The van der Waals surface area contributed by atoms with Crippen molar-refractivity contribution in [2.24, 2.45) is 0 Å². The third kappa shape index (κ3) is 3.94. The van der Waals surface area contributed by atoms with Crippen LogP contribution in [-0.4, -0.2) is 28.6 Å². The number of hydrogen-bond donors (Lipinski definition) is 2. The van der Waals surface area contributed by atoms with Gasteiger partial charge in [0.25, 0.3) is 5.91 Å². The lowest BCUT2D eigenvalue weighted by atomic mass is 10.1. The van der Waals surface area contributed by atoms with E-state index in [2.05, 4.69) is 5.32 Å². The Bertz CT molecular complexity index is 487. The number of carbonyl (C=O) groups excluding carboxylic acids is 1. The number of ether oxygens (including phenoxy) is 1. The van der Waals surface area contributed by atoms with Crippen molar-refractivity contribution < 1.29 is 23.8 Å². The molecule has 2 N–H and O–H groups in total. The second kappa shape index (κ2) is 5.69. The van der Waals surface area contributed by atoms with E-state index in [1.165, 1.54) is 39.0 Å². The molecule has 0 spiro atoms. The Morgan fingerprint density at radius 3 is 2.47 bits per heavy atom. The zero-order valence-corrected chi connectivity index (χ0v) is 10.9. The van der Waals surface area contributed by atoms with E-state index < -0.39 is 29.3 Å². The summed E-state index contributed by atoms with van der Waals surface area (Å²) in [7, 11) is 0. The first kappa shape index (κ1) is 14.9. The van der Waals surface area contributed by atoms with Gasteiger partial charge < -0.3 is 15.2 Å². The third-order valence-electron chi connectivity index (χ3n) is 2.48. The topological polar surface area (TPSA) is 75.6 Å². The number of halogens is 1. The van der Waals surface area contributed by atoms with Crippen molar-refractivity contribution in [2.45, 2.75) is 32.4 Å². The Kier molecular flexibility index (Phi) is 4.47. The van der Waals surface area contributed by atoms with Gasteiger partial charge in [0.2, 0.25) is 0 Å². The summed E-state index contributed by atoms with van der Waals surface area (Å²) in [5.41, 5.74) is -1.41. The van der Waals surface area contributed by atoms with Gasteiger partial charge in [0.15, 0.2) is 17.7 Å². The van der Waals surface area contributed by atoms with E-state index in [-0.39, 0.29) is 5.75 Å². The standard InChI is InChI=1S/C13H16FNO4/c1-8(11(16)15-13(2,3)12(17)18)19-10-7-5-4-6-9(10)14/h4-8H,1-3H3,(H,15,16)(H,17,18). The van der Waals surface area contributed by atoms with Gasteiger partial charge in [-0.2, -0.15) is 0 Å². The van der Waals surface area contributed by atoms with Crippen LogP contribution in [-0.2, 0) is 9.59 Å².